The molecule has 1 N–H and O–H groups in total. The summed E-state index contributed by atoms with van der Waals surface area (Å²) < 4.78 is 0. The Bertz CT molecular complexity index is 1030. The SMILES string of the molecule is CCCNC(=O)[C@@H](Cc1ccccc1)N(Cc1cccc(Cl)c1)C(=O)CSc1ccccc1. The summed E-state index contributed by atoms with van der Waals surface area (Å²) in [6.45, 7) is 2.89. The van der Waals surface area contributed by atoms with Crippen molar-refractivity contribution in [2.75, 3.05) is 12.3 Å². The fourth-order valence-electron chi connectivity index (χ4n) is 3.50. The molecule has 0 fully saturated rings. The molecule has 2 amide bonds. The molecule has 1 atom stereocenters. The summed E-state index contributed by atoms with van der Waals surface area (Å²) in [4.78, 5) is 29.5. The molecule has 4 nitrogen and oxygen atoms in total. The van der Waals surface area contributed by atoms with Crippen molar-refractivity contribution in [2.24, 2.45) is 0 Å². The highest BCUT2D eigenvalue weighted by atomic mass is 35.5. The van der Waals surface area contributed by atoms with E-state index in [2.05, 4.69) is 5.32 Å². The van der Waals surface area contributed by atoms with Gasteiger partial charge in [-0.1, -0.05) is 79.2 Å². The van der Waals surface area contributed by atoms with Gasteiger partial charge in [0, 0.05) is 29.4 Å². The molecule has 3 aromatic rings. The number of thioether (sulfide) groups is 1. The number of carbonyl (C=O) groups excluding carboxylic acids is 2. The van der Waals surface area contributed by atoms with Gasteiger partial charge in [-0.05, 0) is 41.8 Å². The van der Waals surface area contributed by atoms with Gasteiger partial charge in [0.15, 0.2) is 0 Å². The zero-order valence-corrected chi connectivity index (χ0v) is 20.3. The molecule has 0 saturated carbocycles. The van der Waals surface area contributed by atoms with Crippen LogP contribution < -0.4 is 5.32 Å². The van der Waals surface area contributed by atoms with Gasteiger partial charge in [-0.15, -0.1) is 11.8 Å². The van der Waals surface area contributed by atoms with Gasteiger partial charge in [-0.2, -0.15) is 0 Å². The van der Waals surface area contributed by atoms with Crippen molar-refractivity contribution in [1.29, 1.82) is 0 Å². The molecule has 172 valence electrons. The average Bonchev–Trinajstić information content (AvgIpc) is 2.84. The van der Waals surface area contributed by atoms with E-state index in [1.807, 2.05) is 85.8 Å². The molecule has 6 heteroatoms. The first kappa shape index (κ1) is 24.9. The maximum absolute atomic E-state index is 13.5. The Morgan fingerprint density at radius 1 is 0.939 bits per heavy atom. The van der Waals surface area contributed by atoms with Gasteiger partial charge in [-0.3, -0.25) is 9.59 Å². The molecule has 3 aromatic carbocycles. The Morgan fingerprint density at radius 2 is 1.61 bits per heavy atom. The van der Waals surface area contributed by atoms with E-state index < -0.39 is 6.04 Å². The van der Waals surface area contributed by atoms with Crippen molar-refractivity contribution in [1.82, 2.24) is 10.2 Å². The van der Waals surface area contributed by atoms with Gasteiger partial charge >= 0.3 is 0 Å². The highest BCUT2D eigenvalue weighted by Crippen LogP contribution is 2.21. The van der Waals surface area contributed by atoms with Crippen LogP contribution in [0, 0.1) is 0 Å². The Balaban J connectivity index is 1.88. The standard InChI is InChI=1S/C27H29ClN2O2S/c1-2-16-29-27(32)25(18-21-10-5-3-6-11-21)30(19-22-12-9-13-23(28)17-22)26(31)20-33-24-14-7-4-8-15-24/h3-15,17,25H,2,16,18-20H2,1H3,(H,29,32)/t25-/m1/s1. The first-order chi connectivity index (χ1) is 16.1. The maximum atomic E-state index is 13.5. The van der Waals surface area contributed by atoms with E-state index in [1.54, 1.807) is 11.0 Å². The lowest BCUT2D eigenvalue weighted by molar-refractivity contribution is -0.139. The minimum absolute atomic E-state index is 0.0867. The molecule has 0 bridgehead atoms. The predicted octanol–water partition coefficient (Wildman–Crippen LogP) is 5.60. The topological polar surface area (TPSA) is 49.4 Å². The Morgan fingerprint density at radius 3 is 2.27 bits per heavy atom. The van der Waals surface area contributed by atoms with Gasteiger partial charge < -0.3 is 10.2 Å². The lowest BCUT2D eigenvalue weighted by Crippen LogP contribution is -2.51. The summed E-state index contributed by atoms with van der Waals surface area (Å²) in [6.07, 6.45) is 1.27. The Labute approximate surface area is 205 Å². The maximum Gasteiger partial charge on any atom is 0.243 e. The quantitative estimate of drug-likeness (QED) is 0.363. The second-order valence-corrected chi connectivity index (χ2v) is 9.24. The number of carbonyl (C=O) groups is 2. The lowest BCUT2D eigenvalue weighted by Gasteiger charge is -2.31. The van der Waals surface area contributed by atoms with Crippen molar-refractivity contribution < 1.29 is 9.59 Å². The number of benzene rings is 3. The molecule has 0 aromatic heterocycles. The smallest absolute Gasteiger partial charge is 0.243 e. The van der Waals surface area contributed by atoms with Gasteiger partial charge in [0.05, 0.1) is 5.75 Å². The third kappa shape index (κ3) is 7.95. The van der Waals surface area contributed by atoms with E-state index in [1.165, 1.54) is 11.8 Å². The summed E-state index contributed by atoms with van der Waals surface area (Å²) in [5.74, 6) is 0.0221. The molecular formula is C27H29ClN2O2S. The summed E-state index contributed by atoms with van der Waals surface area (Å²) in [7, 11) is 0. The minimum Gasteiger partial charge on any atom is -0.354 e. The van der Waals surface area contributed by atoms with Crippen LogP contribution in [0.4, 0.5) is 0 Å². The highest BCUT2D eigenvalue weighted by Gasteiger charge is 2.30. The van der Waals surface area contributed by atoms with E-state index in [4.69, 9.17) is 11.6 Å². The molecule has 0 aliphatic carbocycles. The van der Waals surface area contributed by atoms with Crippen LogP contribution in [-0.2, 0) is 22.6 Å². The highest BCUT2D eigenvalue weighted by molar-refractivity contribution is 8.00. The van der Waals surface area contributed by atoms with Crippen LogP contribution in [0.3, 0.4) is 0 Å². The number of halogens is 1. The summed E-state index contributed by atoms with van der Waals surface area (Å²) in [5, 5.41) is 3.60. The molecule has 3 rings (SSSR count). The van der Waals surface area contributed by atoms with Gasteiger partial charge in [0.2, 0.25) is 11.8 Å². The molecule has 0 radical (unpaired) electrons. The van der Waals surface area contributed by atoms with Crippen LogP contribution in [-0.4, -0.2) is 35.1 Å². The zero-order valence-electron chi connectivity index (χ0n) is 18.7. The number of rotatable bonds is 11. The van der Waals surface area contributed by atoms with Crippen LogP contribution >= 0.6 is 23.4 Å². The summed E-state index contributed by atoms with van der Waals surface area (Å²) in [5.41, 5.74) is 1.90. The molecule has 0 unspecified atom stereocenters. The van der Waals surface area contributed by atoms with Crippen LogP contribution in [0.15, 0.2) is 89.8 Å². The van der Waals surface area contributed by atoms with E-state index in [0.29, 0.717) is 24.5 Å². The first-order valence-electron chi connectivity index (χ1n) is 11.1. The fourth-order valence-corrected chi connectivity index (χ4v) is 4.52. The number of nitrogens with one attached hydrogen (secondary N) is 1. The molecule has 0 aliphatic rings. The summed E-state index contributed by atoms with van der Waals surface area (Å²) >= 11 is 7.68. The van der Waals surface area contributed by atoms with Crippen molar-refractivity contribution in [3.05, 3.63) is 101 Å². The number of nitrogens with zero attached hydrogens (tertiary/aromatic N) is 1. The number of amides is 2. The minimum atomic E-state index is -0.623. The second-order valence-electron chi connectivity index (χ2n) is 7.75. The number of hydrogen-bond donors (Lipinski definition) is 1. The van der Waals surface area contributed by atoms with Gasteiger partial charge in [0.25, 0.3) is 0 Å². The van der Waals surface area contributed by atoms with Gasteiger partial charge in [-0.25, -0.2) is 0 Å². The van der Waals surface area contributed by atoms with E-state index in [-0.39, 0.29) is 17.6 Å². The lowest BCUT2D eigenvalue weighted by atomic mass is 10.0. The van der Waals surface area contributed by atoms with Crippen LogP contribution in [0.5, 0.6) is 0 Å². The average molecular weight is 481 g/mol. The summed E-state index contributed by atoms with van der Waals surface area (Å²) in [6, 6.07) is 26.4. The molecule has 33 heavy (non-hydrogen) atoms. The van der Waals surface area contributed by atoms with Gasteiger partial charge in [0.1, 0.15) is 6.04 Å². The molecule has 0 spiro atoms. The Hall–Kier alpha value is -2.76. The van der Waals surface area contributed by atoms with E-state index in [9.17, 15) is 9.59 Å². The molecule has 0 heterocycles. The third-order valence-electron chi connectivity index (χ3n) is 5.17. The Kier molecular flexibility index (Phi) is 9.85. The first-order valence-corrected chi connectivity index (χ1v) is 12.5. The monoisotopic (exact) mass is 480 g/mol. The van der Waals surface area contributed by atoms with Crippen LogP contribution in [0.2, 0.25) is 5.02 Å². The van der Waals surface area contributed by atoms with Crippen molar-refractivity contribution in [3.63, 3.8) is 0 Å². The molecule has 0 aliphatic heterocycles. The fraction of sp³-hybridized carbons (Fsp3) is 0.259. The van der Waals surface area contributed by atoms with Crippen LogP contribution in [0.1, 0.15) is 24.5 Å². The predicted molar refractivity (Wildman–Crippen MR) is 136 cm³/mol. The molecular weight excluding hydrogens is 452 g/mol. The second kappa shape index (κ2) is 13.1. The normalized spacial score (nSPS) is 11.6. The largest absolute Gasteiger partial charge is 0.354 e. The third-order valence-corrected chi connectivity index (χ3v) is 6.40. The van der Waals surface area contributed by atoms with Crippen molar-refractivity contribution in [3.8, 4) is 0 Å². The zero-order chi connectivity index (χ0) is 23.5. The van der Waals surface area contributed by atoms with Crippen molar-refractivity contribution in [2.45, 2.75) is 37.2 Å². The van der Waals surface area contributed by atoms with Crippen LogP contribution in [0.25, 0.3) is 0 Å². The molecule has 0 saturated heterocycles. The van der Waals surface area contributed by atoms with E-state index >= 15 is 0 Å². The van der Waals surface area contributed by atoms with Crippen molar-refractivity contribution >= 4 is 35.2 Å². The van der Waals surface area contributed by atoms with E-state index in [0.717, 1.165) is 22.4 Å². The number of hydrogen-bond acceptors (Lipinski definition) is 3.